The molecule has 0 aliphatic heterocycles. The molecule has 0 spiro atoms. The van der Waals surface area contributed by atoms with Crippen LogP contribution in [0.1, 0.15) is 11.1 Å². The quantitative estimate of drug-likeness (QED) is 0.164. The van der Waals surface area contributed by atoms with Crippen molar-refractivity contribution >= 4 is 57.0 Å². The molecule has 216 valence electrons. The fourth-order valence-electron chi connectivity index (χ4n) is 4.66. The highest BCUT2D eigenvalue weighted by Crippen LogP contribution is 2.33. The third-order valence-corrected chi connectivity index (χ3v) is 7.53. The maximum absolute atomic E-state index is 13.8. The number of benzene rings is 4. The first-order valence-corrected chi connectivity index (χ1v) is 14.1. The molecule has 0 bridgehead atoms. The molecule has 2 aromatic heterocycles. The summed E-state index contributed by atoms with van der Waals surface area (Å²) in [6.07, 6.45) is 1.57. The van der Waals surface area contributed by atoms with Gasteiger partial charge in [0.1, 0.15) is 23.7 Å². The minimum Gasteiger partial charge on any atom is -0.496 e. The predicted octanol–water partition coefficient (Wildman–Crippen LogP) is 7.65. The van der Waals surface area contributed by atoms with Gasteiger partial charge in [-0.2, -0.15) is 9.78 Å². The Hall–Kier alpha value is -4.79. The fraction of sp³-hybridized carbons (Fsp3) is 0.121. The monoisotopic (exact) mass is 612 g/mol. The second-order valence-electron chi connectivity index (χ2n) is 9.94. The molecule has 4 aromatic carbocycles. The molecule has 10 heteroatoms. The van der Waals surface area contributed by atoms with Crippen LogP contribution in [0.3, 0.4) is 0 Å². The van der Waals surface area contributed by atoms with E-state index in [2.05, 4.69) is 5.10 Å². The van der Waals surface area contributed by atoms with Gasteiger partial charge in [-0.05, 0) is 54.6 Å². The van der Waals surface area contributed by atoms with Crippen LogP contribution in [-0.2, 0) is 6.61 Å². The summed E-state index contributed by atoms with van der Waals surface area (Å²) in [5.41, 5.74) is 3.14. The smallest absolute Gasteiger partial charge is 0.282 e. The number of halogens is 2. The van der Waals surface area contributed by atoms with Crippen molar-refractivity contribution in [2.45, 2.75) is 6.61 Å². The van der Waals surface area contributed by atoms with E-state index in [-0.39, 0.29) is 18.0 Å². The lowest BCUT2D eigenvalue weighted by molar-refractivity contribution is 0.306. The molecule has 2 heterocycles. The third kappa shape index (κ3) is 5.67. The van der Waals surface area contributed by atoms with Crippen LogP contribution in [0, 0.1) is 0 Å². The first kappa shape index (κ1) is 28.3. The number of hydrogen-bond donors (Lipinski definition) is 0. The lowest BCUT2D eigenvalue weighted by Crippen LogP contribution is -2.20. The molecule has 0 N–H and O–H groups in total. The minimum absolute atomic E-state index is 0.206. The average Bonchev–Trinajstić information content (AvgIpc) is 3.45. The molecule has 6 rings (SSSR count). The van der Waals surface area contributed by atoms with Gasteiger partial charge in [-0.3, -0.25) is 4.79 Å². The molecule has 43 heavy (non-hydrogen) atoms. The number of anilines is 1. The number of para-hydroxylation sites is 1. The SMILES string of the molecule is COc1cccc2oc(-c3nc4ccccc4c(=O)n3N=Cc3ccc(N(C)C)cc3OCc3ccc(Cl)cc3Cl)cc12. The van der Waals surface area contributed by atoms with Gasteiger partial charge >= 0.3 is 0 Å². The van der Waals surface area contributed by atoms with Crippen LogP contribution in [0.2, 0.25) is 10.0 Å². The molecule has 0 atom stereocenters. The van der Waals surface area contributed by atoms with E-state index in [0.29, 0.717) is 49.4 Å². The van der Waals surface area contributed by atoms with Crippen LogP contribution in [-0.4, -0.2) is 37.1 Å². The second kappa shape index (κ2) is 11.8. The van der Waals surface area contributed by atoms with Crippen LogP contribution in [0.4, 0.5) is 5.69 Å². The maximum Gasteiger partial charge on any atom is 0.282 e. The van der Waals surface area contributed by atoms with Gasteiger partial charge in [-0.25, -0.2) is 4.98 Å². The normalized spacial score (nSPS) is 11.5. The summed E-state index contributed by atoms with van der Waals surface area (Å²) in [5, 5.41) is 6.86. The molecule has 6 aromatic rings. The Morgan fingerprint density at radius 3 is 2.58 bits per heavy atom. The van der Waals surface area contributed by atoms with E-state index in [1.165, 1.54) is 4.68 Å². The molecule has 0 saturated heterocycles. The van der Waals surface area contributed by atoms with Crippen LogP contribution >= 0.6 is 23.2 Å². The van der Waals surface area contributed by atoms with Gasteiger partial charge in [0.15, 0.2) is 5.76 Å². The molecule has 0 fully saturated rings. The lowest BCUT2D eigenvalue weighted by atomic mass is 10.2. The summed E-state index contributed by atoms with van der Waals surface area (Å²) in [6, 6.07) is 25.4. The number of furan rings is 1. The van der Waals surface area contributed by atoms with Gasteiger partial charge < -0.3 is 18.8 Å². The van der Waals surface area contributed by atoms with Gasteiger partial charge in [-0.1, -0.05) is 47.5 Å². The molecule has 0 aliphatic carbocycles. The average molecular weight is 614 g/mol. The van der Waals surface area contributed by atoms with E-state index in [1.807, 2.05) is 67.5 Å². The molecular weight excluding hydrogens is 587 g/mol. The van der Waals surface area contributed by atoms with E-state index in [9.17, 15) is 4.79 Å². The van der Waals surface area contributed by atoms with Crippen molar-refractivity contribution in [3.63, 3.8) is 0 Å². The number of rotatable bonds is 8. The number of nitrogens with zero attached hydrogens (tertiary/aromatic N) is 4. The zero-order valence-corrected chi connectivity index (χ0v) is 25.1. The number of ether oxygens (including phenoxy) is 2. The Bertz CT molecular complexity index is 2070. The molecule has 0 aliphatic rings. The van der Waals surface area contributed by atoms with Gasteiger partial charge in [-0.15, -0.1) is 0 Å². The van der Waals surface area contributed by atoms with E-state index in [4.69, 9.17) is 42.1 Å². The van der Waals surface area contributed by atoms with Crippen molar-refractivity contribution in [1.82, 2.24) is 9.66 Å². The Kier molecular flexibility index (Phi) is 7.80. The van der Waals surface area contributed by atoms with Crippen molar-refractivity contribution in [2.24, 2.45) is 5.10 Å². The molecule has 8 nitrogen and oxygen atoms in total. The molecule has 0 amide bonds. The van der Waals surface area contributed by atoms with E-state index >= 15 is 0 Å². The Labute approximate surface area is 257 Å². The third-order valence-electron chi connectivity index (χ3n) is 6.94. The van der Waals surface area contributed by atoms with Crippen LogP contribution in [0.15, 0.2) is 99.2 Å². The van der Waals surface area contributed by atoms with Crippen molar-refractivity contribution < 1.29 is 13.9 Å². The summed E-state index contributed by atoms with van der Waals surface area (Å²) < 4.78 is 19.1. The van der Waals surface area contributed by atoms with Gasteiger partial charge in [0.2, 0.25) is 5.82 Å². The minimum atomic E-state index is -0.343. The highest BCUT2D eigenvalue weighted by Gasteiger charge is 2.18. The van der Waals surface area contributed by atoms with Crippen molar-refractivity contribution in [1.29, 1.82) is 0 Å². The summed E-state index contributed by atoms with van der Waals surface area (Å²) >= 11 is 12.5. The zero-order chi connectivity index (χ0) is 30.1. The van der Waals surface area contributed by atoms with Crippen molar-refractivity contribution in [3.8, 4) is 23.1 Å². The van der Waals surface area contributed by atoms with E-state index < -0.39 is 0 Å². The molecule has 0 saturated carbocycles. The number of fused-ring (bicyclic) bond motifs is 2. The van der Waals surface area contributed by atoms with Crippen LogP contribution in [0.25, 0.3) is 33.5 Å². The Balaban J connectivity index is 1.46. The first-order chi connectivity index (χ1) is 20.8. The number of hydrogen-bond acceptors (Lipinski definition) is 7. The summed E-state index contributed by atoms with van der Waals surface area (Å²) in [4.78, 5) is 20.5. The lowest BCUT2D eigenvalue weighted by Gasteiger charge is -2.16. The Morgan fingerprint density at radius 2 is 1.79 bits per heavy atom. The van der Waals surface area contributed by atoms with Gasteiger partial charge in [0.05, 0.1) is 29.6 Å². The highest BCUT2D eigenvalue weighted by atomic mass is 35.5. The summed E-state index contributed by atoms with van der Waals surface area (Å²) in [6.45, 7) is 0.206. The fourth-order valence-corrected chi connectivity index (χ4v) is 5.12. The largest absolute Gasteiger partial charge is 0.496 e. The topological polar surface area (TPSA) is 82.1 Å². The number of methoxy groups -OCH3 is 1. The van der Waals surface area contributed by atoms with Crippen LogP contribution in [0.5, 0.6) is 11.5 Å². The van der Waals surface area contributed by atoms with Crippen molar-refractivity contribution in [3.05, 3.63) is 116 Å². The van der Waals surface area contributed by atoms with Crippen molar-refractivity contribution in [2.75, 3.05) is 26.1 Å². The van der Waals surface area contributed by atoms with E-state index in [1.54, 1.807) is 49.7 Å². The standard InChI is InChI=1S/C33H26Cl2N4O4/c1-38(2)23-14-12-20(30(16-23)42-19-21-11-13-22(34)15-26(21)35)18-36-39-32(37-27-8-5-4-7-24(27)33(39)40)31-17-25-28(41-3)9-6-10-29(25)43-31/h4-18H,19H2,1-3H3. The summed E-state index contributed by atoms with van der Waals surface area (Å²) in [7, 11) is 5.48. The predicted molar refractivity (Wildman–Crippen MR) is 172 cm³/mol. The van der Waals surface area contributed by atoms with Gasteiger partial charge in [0.25, 0.3) is 5.56 Å². The Morgan fingerprint density at radius 1 is 0.953 bits per heavy atom. The number of aromatic nitrogens is 2. The van der Waals surface area contributed by atoms with Crippen LogP contribution < -0.4 is 19.9 Å². The van der Waals surface area contributed by atoms with E-state index in [0.717, 1.165) is 16.6 Å². The summed E-state index contributed by atoms with van der Waals surface area (Å²) in [5.74, 6) is 1.82. The molecule has 0 radical (unpaired) electrons. The molecule has 0 unspecified atom stereocenters. The highest BCUT2D eigenvalue weighted by molar-refractivity contribution is 6.35. The maximum atomic E-state index is 13.8. The zero-order valence-electron chi connectivity index (χ0n) is 23.5. The first-order valence-electron chi connectivity index (χ1n) is 13.3. The van der Waals surface area contributed by atoms with Gasteiger partial charge in [0, 0.05) is 47.0 Å². The molecular formula is C33H26Cl2N4O4. The second-order valence-corrected chi connectivity index (χ2v) is 10.8.